The zero-order valence-corrected chi connectivity index (χ0v) is 16.5. The van der Waals surface area contributed by atoms with Gasteiger partial charge >= 0.3 is 0 Å². The van der Waals surface area contributed by atoms with Gasteiger partial charge in [-0.25, -0.2) is 0 Å². The summed E-state index contributed by atoms with van der Waals surface area (Å²) < 4.78 is 26.9. The Labute approximate surface area is 172 Å². The molecule has 0 N–H and O–H groups in total. The molecule has 1 fully saturated rings. The fourth-order valence-electron chi connectivity index (χ4n) is 3.67. The number of carbonyl (C=O) groups excluding carboxylic acids is 1. The molecule has 3 aromatic rings. The summed E-state index contributed by atoms with van der Waals surface area (Å²) >= 11 is 0. The smallest absolute Gasteiger partial charge is 0.232 e. The summed E-state index contributed by atoms with van der Waals surface area (Å²) in [7, 11) is 3.15. The molecule has 1 aromatic heterocycles. The minimum Gasteiger partial charge on any atom is -0.497 e. The lowest BCUT2D eigenvalue weighted by Gasteiger charge is -2.16. The van der Waals surface area contributed by atoms with Gasteiger partial charge in [0.25, 0.3) is 0 Å². The maximum absolute atomic E-state index is 12.6. The Kier molecular flexibility index (Phi) is 4.42. The van der Waals surface area contributed by atoms with Gasteiger partial charge in [0.15, 0.2) is 11.5 Å². The lowest BCUT2D eigenvalue weighted by atomic mass is 10.1. The lowest BCUT2D eigenvalue weighted by Crippen LogP contribution is -2.24. The summed E-state index contributed by atoms with van der Waals surface area (Å²) in [6, 6.07) is 10.8. The number of fused-ring (bicyclic) bond motifs is 1. The van der Waals surface area contributed by atoms with Crippen molar-refractivity contribution in [2.45, 2.75) is 12.3 Å². The van der Waals surface area contributed by atoms with Gasteiger partial charge in [0, 0.05) is 30.8 Å². The van der Waals surface area contributed by atoms with Crippen molar-refractivity contribution in [3.8, 4) is 34.4 Å². The van der Waals surface area contributed by atoms with Gasteiger partial charge in [0.05, 0.1) is 25.7 Å². The number of methoxy groups -OCH3 is 2. The van der Waals surface area contributed by atoms with Crippen LogP contribution >= 0.6 is 0 Å². The minimum absolute atomic E-state index is 0.0133. The highest BCUT2D eigenvalue weighted by atomic mass is 16.7. The van der Waals surface area contributed by atoms with Crippen LogP contribution < -0.4 is 23.8 Å². The number of ether oxygens (including phenoxy) is 4. The van der Waals surface area contributed by atoms with E-state index in [0.717, 1.165) is 5.69 Å². The van der Waals surface area contributed by atoms with Crippen molar-refractivity contribution >= 4 is 11.6 Å². The van der Waals surface area contributed by atoms with E-state index in [-0.39, 0.29) is 25.0 Å². The fourth-order valence-corrected chi connectivity index (χ4v) is 3.67. The first-order chi connectivity index (χ1) is 14.7. The summed E-state index contributed by atoms with van der Waals surface area (Å²) in [5.41, 5.74) is 1.44. The number of carbonyl (C=O) groups is 1. The summed E-state index contributed by atoms with van der Waals surface area (Å²) in [4.78, 5) is 18.9. The monoisotopic (exact) mass is 409 g/mol. The molecule has 2 aliphatic rings. The molecule has 154 valence electrons. The Bertz CT molecular complexity index is 1110. The SMILES string of the molecule is COc1ccc(-c2noc(C3CC(=O)N(c4ccc5c(c4)OCO5)C3)n2)c(OC)c1. The van der Waals surface area contributed by atoms with Gasteiger partial charge in [-0.15, -0.1) is 0 Å². The molecule has 9 heteroatoms. The zero-order valence-electron chi connectivity index (χ0n) is 16.5. The average Bonchev–Trinajstić information content (AvgIpc) is 3.51. The third kappa shape index (κ3) is 3.08. The first-order valence-corrected chi connectivity index (χ1v) is 9.42. The first kappa shape index (κ1) is 18.3. The lowest BCUT2D eigenvalue weighted by molar-refractivity contribution is -0.117. The zero-order chi connectivity index (χ0) is 20.7. The summed E-state index contributed by atoms with van der Waals surface area (Å²) in [5, 5.41) is 4.09. The van der Waals surface area contributed by atoms with E-state index in [4.69, 9.17) is 23.5 Å². The van der Waals surface area contributed by atoms with Crippen molar-refractivity contribution < 1.29 is 28.3 Å². The number of hydrogen-bond donors (Lipinski definition) is 0. The average molecular weight is 409 g/mol. The van der Waals surface area contributed by atoms with E-state index < -0.39 is 0 Å². The fraction of sp³-hybridized carbons (Fsp3) is 0.286. The van der Waals surface area contributed by atoms with Crippen LogP contribution in [0, 0.1) is 0 Å². The number of amides is 1. The van der Waals surface area contributed by atoms with Crippen molar-refractivity contribution in [2.75, 3.05) is 32.5 Å². The molecule has 3 heterocycles. The predicted octanol–water partition coefficient (Wildman–Crippen LogP) is 3.00. The Morgan fingerprint density at radius 1 is 1.07 bits per heavy atom. The number of aromatic nitrogens is 2. The second-order valence-electron chi connectivity index (χ2n) is 6.97. The van der Waals surface area contributed by atoms with E-state index in [9.17, 15) is 4.79 Å². The molecular formula is C21H19N3O6. The molecule has 1 amide bonds. The Hall–Kier alpha value is -3.75. The van der Waals surface area contributed by atoms with Crippen molar-refractivity contribution in [3.63, 3.8) is 0 Å². The van der Waals surface area contributed by atoms with E-state index in [0.29, 0.717) is 46.8 Å². The van der Waals surface area contributed by atoms with Gasteiger partial charge in [-0.05, 0) is 24.3 Å². The van der Waals surface area contributed by atoms with Gasteiger partial charge in [-0.2, -0.15) is 4.98 Å². The maximum atomic E-state index is 12.6. The van der Waals surface area contributed by atoms with Crippen LogP contribution in [0.3, 0.4) is 0 Å². The normalized spacial score (nSPS) is 17.5. The number of nitrogens with zero attached hydrogens (tertiary/aromatic N) is 3. The molecule has 0 bridgehead atoms. The number of hydrogen-bond acceptors (Lipinski definition) is 8. The van der Waals surface area contributed by atoms with E-state index in [1.54, 1.807) is 37.3 Å². The number of benzene rings is 2. The van der Waals surface area contributed by atoms with Crippen LogP contribution in [-0.2, 0) is 4.79 Å². The molecule has 1 unspecified atom stereocenters. The van der Waals surface area contributed by atoms with Crippen LogP contribution in [0.25, 0.3) is 11.4 Å². The molecule has 0 aliphatic carbocycles. The molecule has 2 aliphatic heterocycles. The molecule has 1 atom stereocenters. The molecule has 0 spiro atoms. The Morgan fingerprint density at radius 2 is 1.93 bits per heavy atom. The Morgan fingerprint density at radius 3 is 2.77 bits per heavy atom. The second-order valence-corrected chi connectivity index (χ2v) is 6.97. The van der Waals surface area contributed by atoms with Gasteiger partial charge < -0.3 is 28.4 Å². The van der Waals surface area contributed by atoms with Gasteiger partial charge in [0.2, 0.25) is 24.4 Å². The predicted molar refractivity (Wildman–Crippen MR) is 105 cm³/mol. The first-order valence-electron chi connectivity index (χ1n) is 9.42. The van der Waals surface area contributed by atoms with Crippen molar-refractivity contribution in [1.82, 2.24) is 10.1 Å². The van der Waals surface area contributed by atoms with Crippen LogP contribution in [-0.4, -0.2) is 43.6 Å². The molecule has 9 nitrogen and oxygen atoms in total. The summed E-state index contributed by atoms with van der Waals surface area (Å²) in [6.45, 7) is 0.634. The quantitative estimate of drug-likeness (QED) is 0.635. The van der Waals surface area contributed by atoms with E-state index in [1.165, 1.54) is 0 Å². The summed E-state index contributed by atoms with van der Waals surface area (Å²) in [6.07, 6.45) is 0.288. The highest BCUT2D eigenvalue weighted by molar-refractivity contribution is 5.96. The molecular weight excluding hydrogens is 390 g/mol. The molecule has 30 heavy (non-hydrogen) atoms. The van der Waals surface area contributed by atoms with Crippen molar-refractivity contribution in [3.05, 3.63) is 42.3 Å². The number of rotatable bonds is 5. The maximum Gasteiger partial charge on any atom is 0.232 e. The third-order valence-electron chi connectivity index (χ3n) is 5.23. The Balaban J connectivity index is 1.38. The highest BCUT2D eigenvalue weighted by Gasteiger charge is 2.36. The molecule has 2 aromatic carbocycles. The second kappa shape index (κ2) is 7.25. The van der Waals surface area contributed by atoms with Crippen LogP contribution in [0.15, 0.2) is 40.9 Å². The van der Waals surface area contributed by atoms with Gasteiger partial charge in [0.1, 0.15) is 11.5 Å². The highest BCUT2D eigenvalue weighted by Crippen LogP contribution is 2.39. The van der Waals surface area contributed by atoms with E-state index >= 15 is 0 Å². The van der Waals surface area contributed by atoms with Crippen LogP contribution in [0.4, 0.5) is 5.69 Å². The van der Waals surface area contributed by atoms with Gasteiger partial charge in [-0.3, -0.25) is 4.79 Å². The molecule has 1 saturated heterocycles. The molecule has 5 rings (SSSR count). The van der Waals surface area contributed by atoms with Crippen LogP contribution in [0.1, 0.15) is 18.2 Å². The van der Waals surface area contributed by atoms with E-state index in [2.05, 4.69) is 10.1 Å². The third-order valence-corrected chi connectivity index (χ3v) is 5.23. The number of anilines is 1. The van der Waals surface area contributed by atoms with Gasteiger partial charge in [-0.1, -0.05) is 5.16 Å². The summed E-state index contributed by atoms with van der Waals surface area (Å²) in [5.74, 6) is 3.16. The molecule has 0 radical (unpaired) electrons. The van der Waals surface area contributed by atoms with E-state index in [1.807, 2.05) is 18.2 Å². The van der Waals surface area contributed by atoms with Crippen molar-refractivity contribution in [2.24, 2.45) is 0 Å². The van der Waals surface area contributed by atoms with Crippen molar-refractivity contribution in [1.29, 1.82) is 0 Å². The largest absolute Gasteiger partial charge is 0.497 e. The van der Waals surface area contributed by atoms with Crippen LogP contribution in [0.5, 0.6) is 23.0 Å². The van der Waals surface area contributed by atoms with Crippen LogP contribution in [0.2, 0.25) is 0 Å². The minimum atomic E-state index is -0.201. The molecule has 0 saturated carbocycles. The standard InChI is InChI=1S/C21H19N3O6/c1-26-14-4-5-15(17(9-14)27-2)20-22-21(30-23-20)12-7-19(25)24(10-12)13-3-6-16-18(8-13)29-11-28-16/h3-6,8-9,12H,7,10-11H2,1-2H3. The topological polar surface area (TPSA) is 96.2 Å².